The smallest absolute Gasteiger partial charge is 0.338 e. The third-order valence-corrected chi connectivity index (χ3v) is 3.96. The molecule has 1 rings (SSSR count). The number of esters is 1. The van der Waals surface area contributed by atoms with Crippen LogP contribution in [0.5, 0.6) is 0 Å². The first-order valence-corrected chi connectivity index (χ1v) is 6.35. The topological polar surface area (TPSA) is 46.5 Å². The second-order valence-corrected chi connectivity index (χ2v) is 5.17. The van der Waals surface area contributed by atoms with Gasteiger partial charge < -0.3 is 9.84 Å². The van der Waals surface area contributed by atoms with Crippen LogP contribution >= 0.6 is 0 Å². The molecule has 0 aromatic rings. The Morgan fingerprint density at radius 3 is 2.38 bits per heavy atom. The number of rotatable bonds is 5. The summed E-state index contributed by atoms with van der Waals surface area (Å²) in [5.41, 5.74) is -1.25. The van der Waals surface area contributed by atoms with Crippen LogP contribution < -0.4 is 0 Å². The summed E-state index contributed by atoms with van der Waals surface area (Å²) < 4.78 is 4.96. The lowest BCUT2D eigenvalue weighted by Gasteiger charge is -2.45. The van der Waals surface area contributed by atoms with E-state index in [1.54, 1.807) is 6.92 Å². The molecular weight excluding hydrogens is 204 g/mol. The molecule has 1 fully saturated rings. The fourth-order valence-electron chi connectivity index (χ4n) is 2.45. The molecule has 16 heavy (non-hydrogen) atoms. The summed E-state index contributed by atoms with van der Waals surface area (Å²) in [5, 5.41) is 10.4. The minimum Gasteiger partial charge on any atom is -0.464 e. The largest absolute Gasteiger partial charge is 0.464 e. The molecule has 0 bridgehead atoms. The molecule has 0 aromatic heterocycles. The summed E-state index contributed by atoms with van der Waals surface area (Å²) in [5.74, 6) is 0.936. The zero-order chi connectivity index (χ0) is 12.3. The van der Waals surface area contributed by atoms with Crippen molar-refractivity contribution in [1.82, 2.24) is 0 Å². The maximum absolute atomic E-state index is 11.7. The predicted octanol–water partition coefficient (Wildman–Crippen LogP) is 2.37. The van der Waals surface area contributed by atoms with E-state index in [0.717, 1.165) is 12.8 Å². The Labute approximate surface area is 98.2 Å². The number of aliphatic hydroxyl groups is 1. The molecule has 0 saturated heterocycles. The third-order valence-electron chi connectivity index (χ3n) is 3.96. The summed E-state index contributed by atoms with van der Waals surface area (Å²) in [4.78, 5) is 11.7. The van der Waals surface area contributed by atoms with E-state index in [0.29, 0.717) is 24.9 Å². The Morgan fingerprint density at radius 2 is 2.00 bits per heavy atom. The standard InChI is InChI=1S/C13H24O3/c1-5-13(15,12(14)16-6-2)11-7-10(8-11)9(3)4/h9-11,15H,5-8H2,1-4H3. The monoisotopic (exact) mass is 228 g/mol. The van der Waals surface area contributed by atoms with Gasteiger partial charge in [-0.3, -0.25) is 0 Å². The van der Waals surface area contributed by atoms with E-state index >= 15 is 0 Å². The van der Waals surface area contributed by atoms with Crippen LogP contribution in [0.15, 0.2) is 0 Å². The SMILES string of the molecule is CCOC(=O)C(O)(CC)C1CC(C(C)C)C1. The fraction of sp³-hybridized carbons (Fsp3) is 0.923. The number of carbonyl (C=O) groups excluding carboxylic acids is 1. The Kier molecular flexibility index (Phi) is 4.36. The van der Waals surface area contributed by atoms with E-state index in [1.165, 1.54) is 0 Å². The van der Waals surface area contributed by atoms with Crippen molar-refractivity contribution < 1.29 is 14.6 Å². The fourth-order valence-corrected chi connectivity index (χ4v) is 2.45. The van der Waals surface area contributed by atoms with Gasteiger partial charge in [0, 0.05) is 0 Å². The van der Waals surface area contributed by atoms with Crippen molar-refractivity contribution in [2.24, 2.45) is 17.8 Å². The lowest BCUT2D eigenvalue weighted by molar-refractivity contribution is -0.179. The average Bonchev–Trinajstić information content (AvgIpc) is 2.14. The molecule has 0 aromatic carbocycles. The van der Waals surface area contributed by atoms with Crippen LogP contribution in [0.2, 0.25) is 0 Å². The zero-order valence-corrected chi connectivity index (χ0v) is 10.8. The second kappa shape index (κ2) is 5.17. The van der Waals surface area contributed by atoms with Crippen LogP contribution in [-0.2, 0) is 9.53 Å². The van der Waals surface area contributed by atoms with Gasteiger partial charge in [-0.1, -0.05) is 20.8 Å². The highest BCUT2D eigenvalue weighted by Gasteiger charge is 2.50. The molecule has 1 saturated carbocycles. The van der Waals surface area contributed by atoms with E-state index in [4.69, 9.17) is 4.74 Å². The number of hydrogen-bond donors (Lipinski definition) is 1. The minimum atomic E-state index is -1.25. The van der Waals surface area contributed by atoms with Gasteiger partial charge in [0.05, 0.1) is 6.61 Å². The molecule has 0 spiro atoms. The van der Waals surface area contributed by atoms with Gasteiger partial charge >= 0.3 is 5.97 Å². The predicted molar refractivity (Wildman–Crippen MR) is 62.9 cm³/mol. The highest BCUT2D eigenvalue weighted by molar-refractivity contribution is 5.79. The first-order chi connectivity index (χ1) is 7.45. The van der Waals surface area contributed by atoms with Gasteiger partial charge in [0.1, 0.15) is 0 Å². The molecule has 3 nitrogen and oxygen atoms in total. The van der Waals surface area contributed by atoms with Crippen molar-refractivity contribution in [1.29, 1.82) is 0 Å². The Morgan fingerprint density at radius 1 is 1.44 bits per heavy atom. The molecular formula is C13H24O3. The van der Waals surface area contributed by atoms with Crippen LogP contribution in [0.1, 0.15) is 47.0 Å². The molecule has 3 heteroatoms. The zero-order valence-electron chi connectivity index (χ0n) is 10.8. The average molecular weight is 228 g/mol. The Hall–Kier alpha value is -0.570. The second-order valence-electron chi connectivity index (χ2n) is 5.17. The van der Waals surface area contributed by atoms with E-state index in [-0.39, 0.29) is 5.92 Å². The molecule has 0 heterocycles. The van der Waals surface area contributed by atoms with Gasteiger partial charge in [-0.2, -0.15) is 0 Å². The summed E-state index contributed by atoms with van der Waals surface area (Å²) in [7, 11) is 0. The molecule has 1 atom stereocenters. The van der Waals surface area contributed by atoms with E-state index in [2.05, 4.69) is 13.8 Å². The molecule has 0 amide bonds. The minimum absolute atomic E-state index is 0.0870. The number of hydrogen-bond acceptors (Lipinski definition) is 3. The third kappa shape index (κ3) is 2.40. The highest BCUT2D eigenvalue weighted by atomic mass is 16.5. The van der Waals surface area contributed by atoms with Crippen LogP contribution in [0.3, 0.4) is 0 Å². The summed E-state index contributed by atoms with van der Waals surface area (Å²) in [6.45, 7) is 8.33. The first kappa shape index (κ1) is 13.5. The first-order valence-electron chi connectivity index (χ1n) is 6.35. The van der Waals surface area contributed by atoms with Crippen molar-refractivity contribution in [3.05, 3.63) is 0 Å². The quantitative estimate of drug-likeness (QED) is 0.735. The molecule has 94 valence electrons. The number of ether oxygens (including phenoxy) is 1. The molecule has 0 radical (unpaired) electrons. The van der Waals surface area contributed by atoms with Gasteiger partial charge in [-0.05, 0) is 43.9 Å². The van der Waals surface area contributed by atoms with Crippen molar-refractivity contribution in [2.45, 2.75) is 52.6 Å². The van der Waals surface area contributed by atoms with Gasteiger partial charge in [0.2, 0.25) is 0 Å². The van der Waals surface area contributed by atoms with Crippen molar-refractivity contribution in [3.63, 3.8) is 0 Å². The van der Waals surface area contributed by atoms with Crippen LogP contribution in [0.4, 0.5) is 0 Å². The normalized spacial score (nSPS) is 28.4. The van der Waals surface area contributed by atoms with Crippen molar-refractivity contribution in [3.8, 4) is 0 Å². The van der Waals surface area contributed by atoms with Crippen LogP contribution in [-0.4, -0.2) is 23.3 Å². The summed E-state index contributed by atoms with van der Waals surface area (Å²) in [6, 6.07) is 0. The molecule has 1 aliphatic carbocycles. The molecule has 1 aliphatic rings. The van der Waals surface area contributed by atoms with E-state index in [9.17, 15) is 9.90 Å². The highest BCUT2D eigenvalue weighted by Crippen LogP contribution is 2.46. The number of carbonyl (C=O) groups is 1. The Bertz CT molecular complexity index is 244. The van der Waals surface area contributed by atoms with Gasteiger partial charge in [-0.15, -0.1) is 0 Å². The van der Waals surface area contributed by atoms with Crippen molar-refractivity contribution in [2.75, 3.05) is 6.61 Å². The maximum atomic E-state index is 11.7. The lowest BCUT2D eigenvalue weighted by Crippen LogP contribution is -2.52. The van der Waals surface area contributed by atoms with Crippen molar-refractivity contribution >= 4 is 5.97 Å². The van der Waals surface area contributed by atoms with Gasteiger partial charge in [-0.25, -0.2) is 4.79 Å². The van der Waals surface area contributed by atoms with Crippen LogP contribution in [0, 0.1) is 17.8 Å². The van der Waals surface area contributed by atoms with E-state index < -0.39 is 11.6 Å². The Balaban J connectivity index is 2.58. The molecule has 1 N–H and O–H groups in total. The lowest BCUT2D eigenvalue weighted by atomic mass is 9.62. The summed E-state index contributed by atoms with van der Waals surface area (Å²) in [6.07, 6.45) is 2.34. The van der Waals surface area contributed by atoms with Gasteiger partial charge in [0.15, 0.2) is 5.60 Å². The molecule has 0 aliphatic heterocycles. The maximum Gasteiger partial charge on any atom is 0.338 e. The molecule has 1 unspecified atom stereocenters. The van der Waals surface area contributed by atoms with Crippen LogP contribution in [0.25, 0.3) is 0 Å². The summed E-state index contributed by atoms with van der Waals surface area (Å²) >= 11 is 0. The van der Waals surface area contributed by atoms with E-state index in [1.807, 2.05) is 6.92 Å². The van der Waals surface area contributed by atoms with Gasteiger partial charge in [0.25, 0.3) is 0 Å².